The maximum absolute atomic E-state index is 13.4. The van der Waals surface area contributed by atoms with Crippen LogP contribution in [0, 0.1) is 0 Å². The number of sulfonamides is 1. The van der Waals surface area contributed by atoms with Crippen LogP contribution < -0.4 is 4.74 Å². The highest BCUT2D eigenvalue weighted by atomic mass is 32.2. The third-order valence-corrected chi connectivity index (χ3v) is 6.54. The second-order valence-corrected chi connectivity index (χ2v) is 8.34. The summed E-state index contributed by atoms with van der Waals surface area (Å²) in [7, 11) is -2.58. The highest BCUT2D eigenvalue weighted by molar-refractivity contribution is 7.89. The number of ether oxygens (including phenoxy) is 1. The van der Waals surface area contributed by atoms with Crippen LogP contribution in [0.2, 0.25) is 0 Å². The molecule has 0 saturated carbocycles. The van der Waals surface area contributed by atoms with Gasteiger partial charge in [-0.1, -0.05) is 0 Å². The van der Waals surface area contributed by atoms with Crippen LogP contribution in [-0.4, -0.2) is 48.8 Å². The van der Waals surface area contributed by atoms with Gasteiger partial charge >= 0.3 is 0 Å². The smallest absolute Gasteiger partial charge is 0.262 e. The normalized spacial score (nSPS) is 17.4. The van der Waals surface area contributed by atoms with E-state index in [9.17, 15) is 17.2 Å². The van der Waals surface area contributed by atoms with Gasteiger partial charge in [0.25, 0.3) is 5.92 Å². The van der Waals surface area contributed by atoms with Gasteiger partial charge in [-0.3, -0.25) is 0 Å². The van der Waals surface area contributed by atoms with Crippen molar-refractivity contribution in [3.05, 3.63) is 42.7 Å². The molecule has 4 rings (SSSR count). The van der Waals surface area contributed by atoms with Gasteiger partial charge in [0.2, 0.25) is 10.0 Å². The Bertz CT molecular complexity index is 1110. The quantitative estimate of drug-likeness (QED) is 0.738. The first-order valence-corrected chi connectivity index (χ1v) is 9.74. The summed E-state index contributed by atoms with van der Waals surface area (Å²) in [5.41, 5.74) is 2.22. The number of aromatic amines is 1. The summed E-state index contributed by atoms with van der Waals surface area (Å²) in [5.74, 6) is -2.65. The molecule has 27 heavy (non-hydrogen) atoms. The summed E-state index contributed by atoms with van der Waals surface area (Å²) in [5, 5.41) is 0.866. The zero-order valence-corrected chi connectivity index (χ0v) is 15.3. The predicted molar refractivity (Wildman–Crippen MR) is 96.4 cm³/mol. The minimum atomic E-state index is -4.02. The fourth-order valence-electron chi connectivity index (χ4n) is 3.31. The summed E-state index contributed by atoms with van der Waals surface area (Å²) >= 11 is 0. The van der Waals surface area contributed by atoms with Crippen molar-refractivity contribution in [1.82, 2.24) is 14.3 Å². The SMILES string of the molecule is COc1cc(S(=O)(=O)N2CCC(F)(F)C2)ccc1-c1ccnc2[nH]ccc12. The summed E-state index contributed by atoms with van der Waals surface area (Å²) in [6.07, 6.45) is 2.94. The molecule has 6 nitrogen and oxygen atoms in total. The lowest BCUT2D eigenvalue weighted by Crippen LogP contribution is -2.31. The Morgan fingerprint density at radius 3 is 2.74 bits per heavy atom. The van der Waals surface area contributed by atoms with E-state index >= 15 is 0 Å². The van der Waals surface area contributed by atoms with E-state index in [1.807, 2.05) is 12.1 Å². The second-order valence-electron chi connectivity index (χ2n) is 6.41. The molecule has 0 unspecified atom stereocenters. The molecular weight excluding hydrogens is 376 g/mol. The van der Waals surface area contributed by atoms with Crippen LogP contribution in [0.5, 0.6) is 5.75 Å². The molecule has 0 bridgehead atoms. The van der Waals surface area contributed by atoms with Crippen LogP contribution in [-0.2, 0) is 10.0 Å². The number of aromatic nitrogens is 2. The molecule has 0 amide bonds. The third-order valence-electron chi connectivity index (χ3n) is 4.70. The minimum Gasteiger partial charge on any atom is -0.496 e. The van der Waals surface area contributed by atoms with Gasteiger partial charge in [-0.25, -0.2) is 22.2 Å². The first-order chi connectivity index (χ1) is 12.8. The van der Waals surface area contributed by atoms with E-state index < -0.39 is 28.9 Å². The Kier molecular flexibility index (Phi) is 4.15. The fourth-order valence-corrected chi connectivity index (χ4v) is 4.79. The van der Waals surface area contributed by atoms with E-state index in [1.165, 1.54) is 19.2 Å². The van der Waals surface area contributed by atoms with Crippen molar-refractivity contribution in [3.8, 4) is 16.9 Å². The number of nitrogens with zero attached hydrogens (tertiary/aromatic N) is 2. The number of pyridine rings is 1. The number of halogens is 2. The van der Waals surface area contributed by atoms with E-state index in [2.05, 4.69) is 9.97 Å². The van der Waals surface area contributed by atoms with Gasteiger partial charge in [0.15, 0.2) is 0 Å². The van der Waals surface area contributed by atoms with Crippen LogP contribution >= 0.6 is 0 Å². The van der Waals surface area contributed by atoms with Gasteiger partial charge in [0.1, 0.15) is 11.4 Å². The number of fused-ring (bicyclic) bond motifs is 1. The maximum atomic E-state index is 13.4. The minimum absolute atomic E-state index is 0.0693. The number of hydrogen-bond acceptors (Lipinski definition) is 4. The number of rotatable bonds is 4. The van der Waals surface area contributed by atoms with E-state index in [4.69, 9.17) is 4.74 Å². The molecule has 1 aromatic carbocycles. The topological polar surface area (TPSA) is 75.3 Å². The molecule has 2 aromatic heterocycles. The van der Waals surface area contributed by atoms with Gasteiger partial charge in [0.05, 0.1) is 18.6 Å². The molecular formula is C18H17F2N3O3S. The van der Waals surface area contributed by atoms with Gasteiger partial charge < -0.3 is 9.72 Å². The molecule has 9 heteroatoms. The largest absolute Gasteiger partial charge is 0.496 e. The lowest BCUT2D eigenvalue weighted by atomic mass is 10.0. The Morgan fingerprint density at radius 1 is 1.22 bits per heavy atom. The number of alkyl halides is 2. The number of methoxy groups -OCH3 is 1. The van der Waals surface area contributed by atoms with Crippen molar-refractivity contribution in [2.45, 2.75) is 17.2 Å². The van der Waals surface area contributed by atoms with E-state index in [-0.39, 0.29) is 11.4 Å². The molecule has 3 heterocycles. The maximum Gasteiger partial charge on any atom is 0.262 e. The van der Waals surface area contributed by atoms with Crippen molar-refractivity contribution in [2.75, 3.05) is 20.2 Å². The lowest BCUT2D eigenvalue weighted by Gasteiger charge is -2.18. The highest BCUT2D eigenvalue weighted by Gasteiger charge is 2.43. The Labute approximate surface area is 154 Å². The molecule has 142 valence electrons. The molecule has 0 aliphatic carbocycles. The standard InChI is InChI=1S/C18H17F2N3O3S/c1-26-16-10-12(27(24,25)23-9-6-18(19,20)11-23)2-3-14(16)13-4-7-21-17-15(13)5-8-22-17/h2-5,7-8,10H,6,9,11H2,1H3,(H,21,22). The summed E-state index contributed by atoms with van der Waals surface area (Å²) in [6.45, 7) is -0.999. The average molecular weight is 393 g/mol. The second kappa shape index (κ2) is 6.28. The van der Waals surface area contributed by atoms with E-state index in [1.54, 1.807) is 18.5 Å². The molecule has 1 aliphatic rings. The van der Waals surface area contributed by atoms with Crippen molar-refractivity contribution in [2.24, 2.45) is 0 Å². The molecule has 1 saturated heterocycles. The summed E-state index contributed by atoms with van der Waals surface area (Å²) in [6, 6.07) is 8.10. The lowest BCUT2D eigenvalue weighted by molar-refractivity contribution is 0.0183. The van der Waals surface area contributed by atoms with Crippen LogP contribution in [0.1, 0.15) is 6.42 Å². The molecule has 0 radical (unpaired) electrons. The molecule has 3 aromatic rings. The van der Waals surface area contributed by atoms with Gasteiger partial charge in [-0.15, -0.1) is 0 Å². The predicted octanol–water partition coefficient (Wildman–Crippen LogP) is 3.27. The van der Waals surface area contributed by atoms with Gasteiger partial charge in [-0.2, -0.15) is 4.31 Å². The number of benzene rings is 1. The molecule has 0 atom stereocenters. The van der Waals surface area contributed by atoms with Crippen LogP contribution in [0.15, 0.2) is 47.6 Å². The van der Waals surface area contributed by atoms with E-state index in [0.29, 0.717) is 17.0 Å². The third kappa shape index (κ3) is 3.06. The monoisotopic (exact) mass is 393 g/mol. The first-order valence-electron chi connectivity index (χ1n) is 8.30. The van der Waals surface area contributed by atoms with Crippen molar-refractivity contribution < 1.29 is 21.9 Å². The molecule has 1 N–H and O–H groups in total. The first kappa shape index (κ1) is 17.9. The van der Waals surface area contributed by atoms with Crippen molar-refractivity contribution in [1.29, 1.82) is 0 Å². The fraction of sp³-hybridized carbons (Fsp3) is 0.278. The number of H-pyrrole nitrogens is 1. The number of nitrogens with one attached hydrogen (secondary N) is 1. The molecule has 1 aliphatic heterocycles. The zero-order valence-electron chi connectivity index (χ0n) is 14.4. The Hall–Kier alpha value is -2.52. The number of hydrogen-bond donors (Lipinski definition) is 1. The van der Waals surface area contributed by atoms with Crippen molar-refractivity contribution >= 4 is 21.1 Å². The van der Waals surface area contributed by atoms with Gasteiger partial charge in [-0.05, 0) is 29.8 Å². The zero-order chi connectivity index (χ0) is 19.2. The van der Waals surface area contributed by atoms with E-state index in [0.717, 1.165) is 15.3 Å². The van der Waals surface area contributed by atoms with Crippen molar-refractivity contribution in [3.63, 3.8) is 0 Å². The van der Waals surface area contributed by atoms with Gasteiger partial charge in [0, 0.05) is 42.4 Å². The van der Waals surface area contributed by atoms with Crippen LogP contribution in [0.25, 0.3) is 22.2 Å². The average Bonchev–Trinajstić information content (AvgIpc) is 3.27. The molecule has 1 fully saturated rings. The van der Waals surface area contributed by atoms with Crippen LogP contribution in [0.3, 0.4) is 0 Å². The Balaban J connectivity index is 1.77. The summed E-state index contributed by atoms with van der Waals surface area (Å²) < 4.78 is 58.6. The van der Waals surface area contributed by atoms with Crippen LogP contribution in [0.4, 0.5) is 8.78 Å². The Morgan fingerprint density at radius 2 is 2.04 bits per heavy atom. The summed E-state index contributed by atoms with van der Waals surface area (Å²) in [4.78, 5) is 7.19. The molecule has 0 spiro atoms. The highest BCUT2D eigenvalue weighted by Crippen LogP contribution is 2.37.